The number of fused-ring (bicyclic) bond motifs is 4. The maximum absolute atomic E-state index is 4.89. The van der Waals surface area contributed by atoms with Crippen molar-refractivity contribution in [3.05, 3.63) is 64.3 Å². The molecule has 1 nitrogen and oxygen atoms in total. The van der Waals surface area contributed by atoms with Gasteiger partial charge in [0.25, 0.3) is 0 Å². The molecule has 1 heterocycles. The highest BCUT2D eigenvalue weighted by Crippen LogP contribution is 2.41. The molecule has 0 aliphatic heterocycles. The molecule has 0 bridgehead atoms. The summed E-state index contributed by atoms with van der Waals surface area (Å²) in [6.45, 7) is 6.61. The summed E-state index contributed by atoms with van der Waals surface area (Å²) in [6.07, 6.45) is 0.970. The van der Waals surface area contributed by atoms with Crippen LogP contribution in [0.4, 0.5) is 0 Å². The van der Waals surface area contributed by atoms with Crippen molar-refractivity contribution in [1.29, 1.82) is 0 Å². The van der Waals surface area contributed by atoms with Crippen molar-refractivity contribution in [2.75, 3.05) is 0 Å². The number of para-hydroxylation sites is 1. The van der Waals surface area contributed by atoms with Gasteiger partial charge in [-0.3, -0.25) is 4.98 Å². The molecular weight excluding hydrogens is 242 g/mol. The number of hydrogen-bond donors (Lipinski definition) is 0. The van der Waals surface area contributed by atoms with Crippen molar-refractivity contribution in [2.24, 2.45) is 0 Å². The standard InChI is InChI=1S/C19H17N/c1-11-8-14-10-18-19(16(14)9-12(11)2)13(3)15-6-4-5-7-17(15)20-18/h4-9H,10H2,1-3H3. The zero-order chi connectivity index (χ0) is 13.9. The Bertz CT molecular complexity index is 859. The van der Waals surface area contributed by atoms with Crippen molar-refractivity contribution in [3.63, 3.8) is 0 Å². The fraction of sp³-hybridized carbons (Fsp3) is 0.211. The van der Waals surface area contributed by atoms with E-state index < -0.39 is 0 Å². The lowest BCUT2D eigenvalue weighted by atomic mass is 9.96. The summed E-state index contributed by atoms with van der Waals surface area (Å²) in [7, 11) is 0. The lowest BCUT2D eigenvalue weighted by Crippen LogP contribution is -1.92. The summed E-state index contributed by atoms with van der Waals surface area (Å²) in [5, 5.41) is 1.28. The molecule has 20 heavy (non-hydrogen) atoms. The number of pyridine rings is 1. The van der Waals surface area contributed by atoms with E-state index in [1.165, 1.54) is 44.5 Å². The van der Waals surface area contributed by atoms with E-state index in [1.54, 1.807) is 0 Å². The molecule has 1 aliphatic rings. The third-order valence-electron chi connectivity index (χ3n) is 4.57. The van der Waals surface area contributed by atoms with Gasteiger partial charge in [-0.2, -0.15) is 0 Å². The number of benzene rings is 2. The molecule has 98 valence electrons. The van der Waals surface area contributed by atoms with Gasteiger partial charge in [-0.25, -0.2) is 0 Å². The average Bonchev–Trinajstić information content (AvgIpc) is 2.77. The molecule has 0 N–H and O–H groups in total. The Morgan fingerprint density at radius 1 is 0.950 bits per heavy atom. The highest BCUT2D eigenvalue weighted by Gasteiger charge is 2.23. The summed E-state index contributed by atoms with van der Waals surface area (Å²) in [4.78, 5) is 4.89. The molecule has 0 saturated heterocycles. The van der Waals surface area contributed by atoms with Gasteiger partial charge in [0.2, 0.25) is 0 Å². The van der Waals surface area contributed by atoms with Crippen LogP contribution in [0.3, 0.4) is 0 Å². The highest BCUT2D eigenvalue weighted by molar-refractivity contribution is 5.92. The summed E-state index contributed by atoms with van der Waals surface area (Å²) >= 11 is 0. The number of nitrogens with zero attached hydrogens (tertiary/aromatic N) is 1. The quantitative estimate of drug-likeness (QED) is 0.445. The molecule has 0 spiro atoms. The molecule has 2 aromatic carbocycles. The van der Waals surface area contributed by atoms with E-state index >= 15 is 0 Å². The molecule has 4 rings (SSSR count). The topological polar surface area (TPSA) is 12.9 Å². The summed E-state index contributed by atoms with van der Waals surface area (Å²) in [5.41, 5.74) is 10.6. The SMILES string of the molecule is Cc1cc2c(cc1C)-c1c(nc3ccccc3c1C)C2. The molecule has 0 unspecified atom stereocenters. The lowest BCUT2D eigenvalue weighted by Gasteiger charge is -2.10. The second kappa shape index (κ2) is 3.92. The first-order valence-corrected chi connectivity index (χ1v) is 7.14. The van der Waals surface area contributed by atoms with Crippen molar-refractivity contribution < 1.29 is 0 Å². The van der Waals surface area contributed by atoms with E-state index in [2.05, 4.69) is 57.2 Å². The lowest BCUT2D eigenvalue weighted by molar-refractivity contribution is 1.14. The molecule has 0 saturated carbocycles. The average molecular weight is 259 g/mol. The Morgan fingerprint density at radius 2 is 1.70 bits per heavy atom. The molecule has 0 atom stereocenters. The van der Waals surface area contributed by atoms with Gasteiger partial charge in [-0.15, -0.1) is 0 Å². The van der Waals surface area contributed by atoms with Crippen molar-refractivity contribution in [3.8, 4) is 11.1 Å². The summed E-state index contributed by atoms with van der Waals surface area (Å²) in [5.74, 6) is 0. The van der Waals surface area contributed by atoms with E-state index in [0.29, 0.717) is 0 Å². The van der Waals surface area contributed by atoms with Crippen LogP contribution in [0.2, 0.25) is 0 Å². The Hall–Kier alpha value is -2.15. The number of hydrogen-bond acceptors (Lipinski definition) is 1. The zero-order valence-corrected chi connectivity index (χ0v) is 12.1. The summed E-state index contributed by atoms with van der Waals surface area (Å²) in [6, 6.07) is 13.1. The first kappa shape index (κ1) is 11.7. The van der Waals surface area contributed by atoms with Gasteiger partial charge < -0.3 is 0 Å². The van der Waals surface area contributed by atoms with Crippen LogP contribution in [-0.4, -0.2) is 4.98 Å². The third kappa shape index (κ3) is 1.46. The smallest absolute Gasteiger partial charge is 0.0708 e. The molecule has 1 heteroatoms. The molecule has 1 aliphatic carbocycles. The van der Waals surface area contributed by atoms with Crippen LogP contribution in [-0.2, 0) is 6.42 Å². The van der Waals surface area contributed by atoms with Gasteiger partial charge in [0, 0.05) is 17.4 Å². The van der Waals surface area contributed by atoms with Crippen LogP contribution in [0.25, 0.3) is 22.0 Å². The van der Waals surface area contributed by atoms with Crippen LogP contribution in [0.15, 0.2) is 36.4 Å². The maximum Gasteiger partial charge on any atom is 0.0708 e. The van der Waals surface area contributed by atoms with E-state index in [1.807, 2.05) is 0 Å². The van der Waals surface area contributed by atoms with Gasteiger partial charge >= 0.3 is 0 Å². The maximum atomic E-state index is 4.89. The minimum Gasteiger partial charge on any atom is -0.252 e. The minimum atomic E-state index is 0.970. The van der Waals surface area contributed by atoms with Crippen molar-refractivity contribution in [2.45, 2.75) is 27.2 Å². The van der Waals surface area contributed by atoms with E-state index in [4.69, 9.17) is 4.98 Å². The minimum absolute atomic E-state index is 0.970. The van der Waals surface area contributed by atoms with Crippen LogP contribution in [0.1, 0.15) is 27.9 Å². The Labute approximate surface area is 119 Å². The van der Waals surface area contributed by atoms with Crippen LogP contribution >= 0.6 is 0 Å². The van der Waals surface area contributed by atoms with Crippen LogP contribution in [0.5, 0.6) is 0 Å². The Kier molecular flexibility index (Phi) is 2.29. The van der Waals surface area contributed by atoms with Crippen molar-refractivity contribution in [1.82, 2.24) is 4.98 Å². The largest absolute Gasteiger partial charge is 0.252 e. The molecule has 0 fully saturated rings. The fourth-order valence-electron chi connectivity index (χ4n) is 3.36. The van der Waals surface area contributed by atoms with E-state index in [-0.39, 0.29) is 0 Å². The zero-order valence-electron chi connectivity index (χ0n) is 12.1. The summed E-state index contributed by atoms with van der Waals surface area (Å²) < 4.78 is 0. The first-order chi connectivity index (χ1) is 9.65. The number of rotatable bonds is 0. The van der Waals surface area contributed by atoms with Crippen LogP contribution < -0.4 is 0 Å². The first-order valence-electron chi connectivity index (χ1n) is 7.14. The Morgan fingerprint density at radius 3 is 2.55 bits per heavy atom. The third-order valence-corrected chi connectivity index (χ3v) is 4.57. The van der Waals surface area contributed by atoms with Gasteiger partial charge in [0.15, 0.2) is 0 Å². The second-order valence-corrected chi connectivity index (χ2v) is 5.85. The molecule has 0 amide bonds. The Balaban J connectivity index is 2.09. The van der Waals surface area contributed by atoms with Gasteiger partial charge in [0.05, 0.1) is 11.2 Å². The van der Waals surface area contributed by atoms with Gasteiger partial charge in [-0.05, 0) is 54.7 Å². The van der Waals surface area contributed by atoms with Crippen LogP contribution in [0, 0.1) is 20.8 Å². The molecular formula is C19H17N. The van der Waals surface area contributed by atoms with E-state index in [0.717, 1.165) is 11.9 Å². The van der Waals surface area contributed by atoms with Crippen molar-refractivity contribution >= 4 is 10.9 Å². The second-order valence-electron chi connectivity index (χ2n) is 5.85. The highest BCUT2D eigenvalue weighted by atomic mass is 14.7. The molecule has 0 radical (unpaired) electrons. The molecule has 3 aromatic rings. The predicted octanol–water partition coefficient (Wildman–Crippen LogP) is 4.73. The van der Waals surface area contributed by atoms with E-state index in [9.17, 15) is 0 Å². The fourth-order valence-corrected chi connectivity index (χ4v) is 3.36. The predicted molar refractivity (Wildman–Crippen MR) is 84.2 cm³/mol. The van der Waals surface area contributed by atoms with Gasteiger partial charge in [0.1, 0.15) is 0 Å². The molecule has 1 aromatic heterocycles. The monoisotopic (exact) mass is 259 g/mol. The van der Waals surface area contributed by atoms with Gasteiger partial charge in [-0.1, -0.05) is 30.3 Å². The number of aryl methyl sites for hydroxylation is 3. The normalized spacial score (nSPS) is 12.6. The number of aromatic nitrogens is 1.